The Morgan fingerprint density at radius 3 is 2.60 bits per heavy atom. The Kier molecular flexibility index (Phi) is 7.61. The van der Waals surface area contributed by atoms with Crippen molar-refractivity contribution in [3.8, 4) is 22.3 Å². The third kappa shape index (κ3) is 5.85. The van der Waals surface area contributed by atoms with Gasteiger partial charge in [0, 0.05) is 10.6 Å². The average molecular weight is 585 g/mol. The van der Waals surface area contributed by atoms with E-state index in [-0.39, 0.29) is 23.0 Å². The highest BCUT2D eigenvalue weighted by Crippen LogP contribution is 2.37. The average Bonchev–Trinajstić information content (AvgIpc) is 3.48. The monoisotopic (exact) mass is 584 g/mol. The number of ether oxygens (including phenoxy) is 4. The van der Waals surface area contributed by atoms with Crippen molar-refractivity contribution in [3.05, 3.63) is 64.3 Å². The Hall–Kier alpha value is -3.83. The van der Waals surface area contributed by atoms with Gasteiger partial charge in [0.1, 0.15) is 39.9 Å². The topological polar surface area (TPSA) is 104 Å². The molecule has 1 aliphatic rings. The first-order chi connectivity index (χ1) is 19.0. The highest BCUT2D eigenvalue weighted by Gasteiger charge is 2.35. The van der Waals surface area contributed by atoms with Gasteiger partial charge in [-0.2, -0.15) is 4.98 Å². The third-order valence-electron chi connectivity index (χ3n) is 6.10. The van der Waals surface area contributed by atoms with E-state index in [0.717, 1.165) is 16.9 Å². The second-order valence-electron chi connectivity index (χ2n) is 10.3. The van der Waals surface area contributed by atoms with E-state index in [9.17, 15) is 9.59 Å². The fourth-order valence-electron chi connectivity index (χ4n) is 4.12. The van der Waals surface area contributed by atoms with Crippen LogP contribution in [-0.2, 0) is 9.47 Å². The van der Waals surface area contributed by atoms with Gasteiger partial charge in [0.25, 0.3) is 0 Å². The number of hydrogen-bond donors (Lipinski definition) is 0. The number of likely N-dealkylation sites (tertiary alicyclic amines) is 1. The number of amides is 1. The number of pyridine rings is 1. The molecule has 4 aromatic rings. The third-order valence-corrected chi connectivity index (χ3v) is 7.48. The Morgan fingerprint density at radius 1 is 1.15 bits per heavy atom. The van der Waals surface area contributed by atoms with E-state index in [2.05, 4.69) is 9.97 Å². The van der Waals surface area contributed by atoms with Crippen LogP contribution < -0.4 is 9.47 Å². The van der Waals surface area contributed by atoms with Crippen molar-refractivity contribution in [2.24, 2.45) is 0 Å². The van der Waals surface area contributed by atoms with E-state index in [1.807, 2.05) is 62.4 Å². The summed E-state index contributed by atoms with van der Waals surface area (Å²) in [6.45, 7) is 8.21. The smallest absolute Gasteiger partial charge is 0.410 e. The predicted octanol–water partition coefficient (Wildman–Crippen LogP) is 6.04. The molecule has 1 amide bonds. The van der Waals surface area contributed by atoms with Gasteiger partial charge >= 0.3 is 12.1 Å². The van der Waals surface area contributed by atoms with Gasteiger partial charge in [-0.1, -0.05) is 29.8 Å². The number of carbonyl (C=O) groups is 2. The molecular weight excluding hydrogens is 556 g/mol. The zero-order chi connectivity index (χ0) is 28.6. The molecule has 0 bridgehead atoms. The lowest BCUT2D eigenvalue weighted by Crippen LogP contribution is -2.57. The molecule has 3 aromatic heterocycles. The SMILES string of the molecule is COC(=O)c1sc(-c2cnc3ccc(OC4CN(C(=O)OC(C)(C)C)C4)cn23)nc1O[C@H](C)c1ccccc1Cl. The zero-order valence-corrected chi connectivity index (χ0v) is 24.3. The standard InChI is InChI=1S/C28H29ClN4O6S/c1-16(19-8-6-7-9-20(19)29)37-24-23(26(34)36-5)40-25(31-24)21-12-30-22-11-10-17(15-33(21)22)38-18-13-32(14-18)27(35)39-28(2,3)4/h6-12,15-16,18H,13-14H2,1-5H3/t16-/m1/s1. The molecule has 12 heteroatoms. The van der Waals surface area contributed by atoms with Gasteiger partial charge in [-0.15, -0.1) is 11.3 Å². The number of thiazole rings is 1. The van der Waals surface area contributed by atoms with Crippen molar-refractivity contribution >= 4 is 40.6 Å². The van der Waals surface area contributed by atoms with Crippen molar-refractivity contribution in [1.82, 2.24) is 19.3 Å². The Morgan fingerprint density at radius 2 is 1.90 bits per heavy atom. The van der Waals surface area contributed by atoms with Crippen LogP contribution in [0, 0.1) is 0 Å². The molecule has 0 N–H and O–H groups in total. The van der Waals surface area contributed by atoms with E-state index in [1.165, 1.54) is 7.11 Å². The minimum Gasteiger partial charge on any atom is -0.485 e. The number of aromatic nitrogens is 3. The van der Waals surface area contributed by atoms with Gasteiger partial charge in [-0.05, 0) is 45.9 Å². The molecule has 5 rings (SSSR count). The number of carbonyl (C=O) groups excluding carboxylic acids is 2. The summed E-state index contributed by atoms with van der Waals surface area (Å²) in [4.78, 5) is 35.8. The molecule has 1 saturated heterocycles. The van der Waals surface area contributed by atoms with Crippen LogP contribution in [0.1, 0.15) is 49.0 Å². The number of rotatable bonds is 7. The summed E-state index contributed by atoms with van der Waals surface area (Å²) in [5, 5.41) is 1.08. The fourth-order valence-corrected chi connectivity index (χ4v) is 5.34. The van der Waals surface area contributed by atoms with E-state index >= 15 is 0 Å². The number of nitrogens with zero attached hydrogens (tertiary/aromatic N) is 4. The Bertz CT molecular complexity index is 1560. The highest BCUT2D eigenvalue weighted by molar-refractivity contribution is 7.17. The first-order valence-corrected chi connectivity index (χ1v) is 13.8. The minimum atomic E-state index is -0.553. The molecule has 0 unspecified atom stereocenters. The van der Waals surface area contributed by atoms with Crippen LogP contribution in [0.5, 0.6) is 11.6 Å². The molecule has 210 valence electrons. The maximum absolute atomic E-state index is 12.6. The van der Waals surface area contributed by atoms with Gasteiger partial charge < -0.3 is 23.8 Å². The van der Waals surface area contributed by atoms with Crippen LogP contribution in [0.25, 0.3) is 16.3 Å². The quantitative estimate of drug-likeness (QED) is 0.242. The lowest BCUT2D eigenvalue weighted by atomic mass is 10.1. The molecule has 1 atom stereocenters. The molecule has 10 nitrogen and oxygen atoms in total. The summed E-state index contributed by atoms with van der Waals surface area (Å²) in [5.41, 5.74) is 1.55. The summed E-state index contributed by atoms with van der Waals surface area (Å²) in [7, 11) is 1.31. The number of hydrogen-bond acceptors (Lipinski definition) is 9. The molecule has 0 aliphatic carbocycles. The van der Waals surface area contributed by atoms with Crippen LogP contribution in [0.3, 0.4) is 0 Å². The normalized spacial score (nSPS) is 14.5. The molecular formula is C28H29ClN4O6S. The molecule has 0 radical (unpaired) electrons. The molecule has 0 spiro atoms. The minimum absolute atomic E-state index is 0.151. The van der Waals surface area contributed by atoms with Crippen molar-refractivity contribution in [3.63, 3.8) is 0 Å². The van der Waals surface area contributed by atoms with E-state index in [4.69, 9.17) is 30.5 Å². The fraction of sp³-hybridized carbons (Fsp3) is 0.357. The van der Waals surface area contributed by atoms with E-state index in [0.29, 0.717) is 40.2 Å². The van der Waals surface area contributed by atoms with Crippen LogP contribution in [0.2, 0.25) is 5.02 Å². The lowest BCUT2D eigenvalue weighted by molar-refractivity contribution is -0.0222. The van der Waals surface area contributed by atoms with Crippen LogP contribution in [0.15, 0.2) is 48.8 Å². The van der Waals surface area contributed by atoms with Crippen LogP contribution in [0.4, 0.5) is 4.79 Å². The van der Waals surface area contributed by atoms with Crippen molar-refractivity contribution in [2.75, 3.05) is 20.2 Å². The Labute approximate surface area is 240 Å². The van der Waals surface area contributed by atoms with Crippen molar-refractivity contribution < 1.29 is 28.5 Å². The van der Waals surface area contributed by atoms with Gasteiger partial charge in [0.05, 0.1) is 32.6 Å². The molecule has 1 aromatic carbocycles. The second-order valence-corrected chi connectivity index (χ2v) is 11.7. The maximum atomic E-state index is 12.6. The number of methoxy groups -OCH3 is 1. The van der Waals surface area contributed by atoms with E-state index in [1.54, 1.807) is 23.4 Å². The summed E-state index contributed by atoms with van der Waals surface area (Å²) >= 11 is 7.49. The van der Waals surface area contributed by atoms with Crippen molar-refractivity contribution in [2.45, 2.75) is 45.5 Å². The molecule has 0 saturated carbocycles. The lowest BCUT2D eigenvalue weighted by Gasteiger charge is -2.39. The Balaban J connectivity index is 1.36. The van der Waals surface area contributed by atoms with E-state index < -0.39 is 17.7 Å². The van der Waals surface area contributed by atoms with Gasteiger partial charge in [-0.25, -0.2) is 14.6 Å². The van der Waals surface area contributed by atoms with Crippen molar-refractivity contribution in [1.29, 1.82) is 0 Å². The summed E-state index contributed by atoms with van der Waals surface area (Å²) in [6.07, 6.45) is 2.51. The molecule has 40 heavy (non-hydrogen) atoms. The second kappa shape index (κ2) is 11.0. The van der Waals surface area contributed by atoms with Crippen LogP contribution in [-0.4, -0.2) is 63.2 Å². The maximum Gasteiger partial charge on any atom is 0.410 e. The number of halogens is 1. The van der Waals surface area contributed by atoms with Gasteiger partial charge in [0.15, 0.2) is 4.88 Å². The summed E-state index contributed by atoms with van der Waals surface area (Å²) in [6, 6.07) is 11.0. The van der Waals surface area contributed by atoms with Gasteiger partial charge in [-0.3, -0.25) is 4.40 Å². The predicted molar refractivity (Wildman–Crippen MR) is 150 cm³/mol. The number of imidazole rings is 1. The number of fused-ring (bicyclic) bond motifs is 1. The largest absolute Gasteiger partial charge is 0.485 e. The number of benzene rings is 1. The van der Waals surface area contributed by atoms with Gasteiger partial charge in [0.2, 0.25) is 5.88 Å². The zero-order valence-electron chi connectivity index (χ0n) is 22.7. The molecule has 1 aliphatic heterocycles. The number of esters is 1. The first-order valence-electron chi connectivity index (χ1n) is 12.6. The van der Waals surface area contributed by atoms with Crippen LogP contribution >= 0.6 is 22.9 Å². The summed E-state index contributed by atoms with van der Waals surface area (Å²) in [5.74, 6) is 0.204. The molecule has 1 fully saturated rings. The molecule has 4 heterocycles. The summed E-state index contributed by atoms with van der Waals surface area (Å²) < 4.78 is 24.4. The first kappa shape index (κ1) is 27.7. The highest BCUT2D eigenvalue weighted by atomic mass is 35.5.